The summed E-state index contributed by atoms with van der Waals surface area (Å²) < 4.78 is 37.4. The van der Waals surface area contributed by atoms with Crippen LogP contribution in [0.15, 0.2) is 6.07 Å². The molecule has 0 aromatic carbocycles. The van der Waals surface area contributed by atoms with Crippen LogP contribution in [0.3, 0.4) is 0 Å². The molecule has 0 unspecified atom stereocenters. The van der Waals surface area contributed by atoms with E-state index in [1.807, 2.05) is 0 Å². The van der Waals surface area contributed by atoms with Crippen LogP contribution in [0.25, 0.3) is 0 Å². The van der Waals surface area contributed by atoms with E-state index in [9.17, 15) is 13.2 Å². The van der Waals surface area contributed by atoms with Crippen molar-refractivity contribution in [3.63, 3.8) is 0 Å². The van der Waals surface area contributed by atoms with E-state index in [1.54, 1.807) is 6.07 Å². The second kappa shape index (κ2) is 4.09. The molecule has 5 heteroatoms. The minimum Gasteiger partial charge on any atom is -0.223 e. The molecule has 74 valence electrons. The summed E-state index contributed by atoms with van der Waals surface area (Å²) >= 11 is 0. The van der Waals surface area contributed by atoms with Gasteiger partial charge in [0.1, 0.15) is 0 Å². The van der Waals surface area contributed by atoms with Crippen molar-refractivity contribution in [2.24, 2.45) is 0 Å². The van der Waals surface area contributed by atoms with Crippen molar-refractivity contribution in [2.45, 2.75) is 19.8 Å². The molecule has 0 aliphatic heterocycles. The Morgan fingerprint density at radius 1 is 1.57 bits per heavy atom. The first-order chi connectivity index (χ1) is 6.56. The van der Waals surface area contributed by atoms with Crippen molar-refractivity contribution in [2.75, 3.05) is 0 Å². The summed E-state index contributed by atoms with van der Waals surface area (Å²) in [5.41, 5.74) is -0.145. The molecule has 0 saturated heterocycles. The van der Waals surface area contributed by atoms with Crippen molar-refractivity contribution in [3.8, 4) is 6.07 Å². The highest BCUT2D eigenvalue weighted by molar-refractivity contribution is 5.31. The van der Waals surface area contributed by atoms with Crippen LogP contribution in [-0.4, -0.2) is 4.98 Å². The topological polar surface area (TPSA) is 36.7 Å². The summed E-state index contributed by atoms with van der Waals surface area (Å²) in [7, 11) is 0. The quantitative estimate of drug-likeness (QED) is 0.688. The SMILES string of the molecule is Cc1c(C(F)F)cc(F)nc1CC#N. The number of aromatic nitrogens is 1. The van der Waals surface area contributed by atoms with E-state index in [4.69, 9.17) is 5.26 Å². The second-order valence-corrected chi connectivity index (χ2v) is 2.74. The molecule has 1 aromatic heterocycles. The number of nitriles is 1. The fraction of sp³-hybridized carbons (Fsp3) is 0.333. The van der Waals surface area contributed by atoms with E-state index in [2.05, 4.69) is 4.98 Å². The maximum Gasteiger partial charge on any atom is 0.264 e. The number of nitrogens with zero attached hydrogens (tertiary/aromatic N) is 2. The Bertz CT molecular complexity index is 382. The van der Waals surface area contributed by atoms with E-state index in [-0.39, 0.29) is 17.7 Å². The van der Waals surface area contributed by atoms with Crippen LogP contribution in [0, 0.1) is 24.2 Å². The molecule has 0 aliphatic carbocycles. The maximum absolute atomic E-state index is 12.7. The van der Waals surface area contributed by atoms with Gasteiger partial charge in [0, 0.05) is 11.6 Å². The van der Waals surface area contributed by atoms with E-state index in [0.29, 0.717) is 6.07 Å². The zero-order valence-electron chi connectivity index (χ0n) is 7.39. The summed E-state index contributed by atoms with van der Waals surface area (Å²) in [6.07, 6.45) is -2.91. The Hall–Kier alpha value is -1.57. The molecular weight excluding hydrogens is 193 g/mol. The van der Waals surface area contributed by atoms with Crippen LogP contribution in [0.2, 0.25) is 0 Å². The van der Waals surface area contributed by atoms with Gasteiger partial charge in [0.15, 0.2) is 0 Å². The van der Waals surface area contributed by atoms with Crippen LogP contribution in [0.1, 0.15) is 23.2 Å². The number of hydrogen-bond acceptors (Lipinski definition) is 2. The first-order valence-electron chi connectivity index (χ1n) is 3.87. The van der Waals surface area contributed by atoms with Gasteiger partial charge in [-0.05, 0) is 12.5 Å². The van der Waals surface area contributed by atoms with Crippen LogP contribution in [0.5, 0.6) is 0 Å². The number of rotatable bonds is 2. The molecule has 0 aliphatic rings. The lowest BCUT2D eigenvalue weighted by molar-refractivity contribution is 0.149. The lowest BCUT2D eigenvalue weighted by atomic mass is 10.1. The molecule has 14 heavy (non-hydrogen) atoms. The molecule has 1 heterocycles. The lowest BCUT2D eigenvalue weighted by Crippen LogP contribution is -2.01. The van der Waals surface area contributed by atoms with E-state index >= 15 is 0 Å². The maximum atomic E-state index is 12.7. The summed E-state index contributed by atoms with van der Waals surface area (Å²) in [5.74, 6) is -0.976. The third kappa shape index (κ3) is 2.02. The highest BCUT2D eigenvalue weighted by Crippen LogP contribution is 2.24. The third-order valence-corrected chi connectivity index (χ3v) is 1.86. The number of halogens is 3. The normalized spacial score (nSPS) is 10.3. The number of hydrogen-bond donors (Lipinski definition) is 0. The molecule has 1 rings (SSSR count). The van der Waals surface area contributed by atoms with Gasteiger partial charge >= 0.3 is 0 Å². The molecule has 0 N–H and O–H groups in total. The Labute approximate surface area is 79.0 Å². The minimum atomic E-state index is -2.75. The predicted octanol–water partition coefficient (Wildman–Crippen LogP) is 2.53. The number of pyridine rings is 1. The van der Waals surface area contributed by atoms with E-state index < -0.39 is 17.9 Å². The fourth-order valence-corrected chi connectivity index (χ4v) is 1.12. The standard InChI is InChI=1S/C9H7F3N2/c1-5-6(9(11)12)4-8(10)14-7(5)2-3-13/h4,9H,2H2,1H3. The van der Waals surface area contributed by atoms with Crippen LogP contribution in [-0.2, 0) is 6.42 Å². The van der Waals surface area contributed by atoms with Crippen molar-refractivity contribution in [3.05, 3.63) is 28.8 Å². The fourth-order valence-electron chi connectivity index (χ4n) is 1.12. The Morgan fingerprint density at radius 2 is 2.21 bits per heavy atom. The number of alkyl halides is 2. The summed E-state index contributed by atoms with van der Waals surface area (Å²) in [4.78, 5) is 3.38. The lowest BCUT2D eigenvalue weighted by Gasteiger charge is -2.07. The molecule has 0 atom stereocenters. The van der Waals surface area contributed by atoms with Gasteiger partial charge in [-0.2, -0.15) is 9.65 Å². The van der Waals surface area contributed by atoms with E-state index in [0.717, 1.165) is 0 Å². The van der Waals surface area contributed by atoms with Gasteiger partial charge in [0.05, 0.1) is 18.2 Å². The van der Waals surface area contributed by atoms with Crippen LogP contribution >= 0.6 is 0 Å². The van der Waals surface area contributed by atoms with Crippen LogP contribution < -0.4 is 0 Å². The zero-order valence-corrected chi connectivity index (χ0v) is 7.39. The summed E-state index contributed by atoms with van der Waals surface area (Å²) in [6.45, 7) is 1.40. The highest BCUT2D eigenvalue weighted by Gasteiger charge is 2.15. The highest BCUT2D eigenvalue weighted by atomic mass is 19.3. The van der Waals surface area contributed by atoms with Crippen LogP contribution in [0.4, 0.5) is 13.2 Å². The summed E-state index contributed by atoms with van der Waals surface area (Å²) in [6, 6.07) is 2.44. The van der Waals surface area contributed by atoms with Gasteiger partial charge in [0.25, 0.3) is 6.43 Å². The Morgan fingerprint density at radius 3 is 2.71 bits per heavy atom. The van der Waals surface area contributed by atoms with E-state index in [1.165, 1.54) is 6.92 Å². The Balaban J connectivity index is 3.26. The van der Waals surface area contributed by atoms with Gasteiger partial charge in [0.2, 0.25) is 5.95 Å². The smallest absolute Gasteiger partial charge is 0.223 e. The molecular formula is C9H7F3N2. The molecule has 0 bridgehead atoms. The zero-order chi connectivity index (χ0) is 10.7. The third-order valence-electron chi connectivity index (χ3n) is 1.86. The van der Waals surface area contributed by atoms with Gasteiger partial charge in [-0.3, -0.25) is 0 Å². The molecule has 0 radical (unpaired) electrons. The monoisotopic (exact) mass is 200 g/mol. The second-order valence-electron chi connectivity index (χ2n) is 2.74. The van der Waals surface area contributed by atoms with Gasteiger partial charge in [-0.25, -0.2) is 13.8 Å². The van der Waals surface area contributed by atoms with Gasteiger partial charge in [-0.15, -0.1) is 0 Å². The van der Waals surface area contributed by atoms with Crippen molar-refractivity contribution in [1.82, 2.24) is 4.98 Å². The van der Waals surface area contributed by atoms with Gasteiger partial charge in [-0.1, -0.05) is 0 Å². The molecule has 1 aromatic rings. The van der Waals surface area contributed by atoms with Crippen molar-refractivity contribution >= 4 is 0 Å². The summed E-state index contributed by atoms with van der Waals surface area (Å²) in [5, 5.41) is 8.36. The molecule has 0 amide bonds. The molecule has 0 fully saturated rings. The first-order valence-corrected chi connectivity index (χ1v) is 3.87. The average Bonchev–Trinajstić information content (AvgIpc) is 2.10. The largest absolute Gasteiger partial charge is 0.264 e. The predicted molar refractivity (Wildman–Crippen MR) is 43.2 cm³/mol. The average molecular weight is 200 g/mol. The Kier molecular flexibility index (Phi) is 3.07. The molecule has 0 spiro atoms. The minimum absolute atomic E-state index is 0.0720. The van der Waals surface area contributed by atoms with Crippen molar-refractivity contribution < 1.29 is 13.2 Å². The van der Waals surface area contributed by atoms with Crippen molar-refractivity contribution in [1.29, 1.82) is 5.26 Å². The molecule has 0 saturated carbocycles. The van der Waals surface area contributed by atoms with Gasteiger partial charge < -0.3 is 0 Å². The first kappa shape index (κ1) is 10.5. The molecule has 2 nitrogen and oxygen atoms in total.